The molecule has 224 valence electrons. The number of hydrogen-bond donors (Lipinski definition) is 1. The Kier molecular flexibility index (Phi) is 9.05. The van der Waals surface area contributed by atoms with E-state index in [1.165, 1.54) is 105 Å². The molecular formula is C42H46N2. The zero-order chi connectivity index (χ0) is 29.6. The van der Waals surface area contributed by atoms with E-state index in [2.05, 4.69) is 115 Å². The summed E-state index contributed by atoms with van der Waals surface area (Å²) in [4.78, 5) is 5.42. The van der Waals surface area contributed by atoms with E-state index >= 15 is 0 Å². The summed E-state index contributed by atoms with van der Waals surface area (Å²) in [6.07, 6.45) is 16.1. The van der Waals surface area contributed by atoms with E-state index in [9.17, 15) is 0 Å². The van der Waals surface area contributed by atoms with E-state index in [0.29, 0.717) is 11.8 Å². The summed E-state index contributed by atoms with van der Waals surface area (Å²) in [5, 5.41) is 6.74. The molecule has 1 unspecified atom stereocenters. The third kappa shape index (κ3) is 6.32. The molecule has 1 heterocycles. The third-order valence-electron chi connectivity index (χ3n) is 10.3. The second-order valence-corrected chi connectivity index (χ2v) is 13.2. The lowest BCUT2D eigenvalue weighted by atomic mass is 9.83. The van der Waals surface area contributed by atoms with Crippen LogP contribution in [-0.4, -0.2) is 4.98 Å². The summed E-state index contributed by atoms with van der Waals surface area (Å²) < 4.78 is 0. The number of fused-ring (bicyclic) bond motifs is 1. The number of pyridine rings is 1. The highest BCUT2D eigenvalue weighted by Gasteiger charge is 2.27. The van der Waals surface area contributed by atoms with Gasteiger partial charge in [-0.15, -0.1) is 0 Å². The van der Waals surface area contributed by atoms with Crippen molar-refractivity contribution in [3.8, 4) is 11.3 Å². The molecule has 2 heteroatoms. The van der Waals surface area contributed by atoms with Crippen molar-refractivity contribution in [2.24, 2.45) is 0 Å². The molecule has 1 atom stereocenters. The molecular weight excluding hydrogens is 532 g/mol. The molecule has 2 nitrogen and oxygen atoms in total. The van der Waals surface area contributed by atoms with Crippen LogP contribution in [0, 0.1) is 0 Å². The Morgan fingerprint density at radius 3 is 1.77 bits per heavy atom. The molecule has 4 aromatic carbocycles. The molecule has 44 heavy (non-hydrogen) atoms. The van der Waals surface area contributed by atoms with Gasteiger partial charge in [-0.25, -0.2) is 0 Å². The largest absolute Gasteiger partial charge is 0.372 e. The van der Waals surface area contributed by atoms with Crippen molar-refractivity contribution in [3.05, 3.63) is 132 Å². The van der Waals surface area contributed by atoms with Gasteiger partial charge in [-0.2, -0.15) is 0 Å². The van der Waals surface area contributed by atoms with Crippen molar-refractivity contribution in [2.45, 2.75) is 94.9 Å². The fourth-order valence-corrected chi connectivity index (χ4v) is 7.95. The Morgan fingerprint density at radius 1 is 0.523 bits per heavy atom. The Morgan fingerprint density at radius 2 is 1.09 bits per heavy atom. The van der Waals surface area contributed by atoms with Gasteiger partial charge in [0.2, 0.25) is 0 Å². The second-order valence-electron chi connectivity index (χ2n) is 13.2. The lowest BCUT2D eigenvalue weighted by Crippen LogP contribution is -2.18. The van der Waals surface area contributed by atoms with Gasteiger partial charge in [0.15, 0.2) is 0 Å². The number of nitrogens with one attached hydrogen (secondary N) is 1. The average Bonchev–Trinajstić information content (AvgIpc) is 3.54. The van der Waals surface area contributed by atoms with Crippen molar-refractivity contribution in [1.82, 2.24) is 4.98 Å². The van der Waals surface area contributed by atoms with E-state index in [-0.39, 0.29) is 6.04 Å². The molecule has 2 aliphatic carbocycles. The topological polar surface area (TPSA) is 24.9 Å². The van der Waals surface area contributed by atoms with Crippen LogP contribution in [-0.2, 0) is 0 Å². The van der Waals surface area contributed by atoms with Gasteiger partial charge in [0, 0.05) is 11.3 Å². The monoisotopic (exact) mass is 578 g/mol. The normalized spacial score (nSPS) is 17.5. The zero-order valence-electron chi connectivity index (χ0n) is 26.1. The number of hydrogen-bond acceptors (Lipinski definition) is 2. The van der Waals surface area contributed by atoms with E-state index in [1.807, 2.05) is 0 Å². The summed E-state index contributed by atoms with van der Waals surface area (Å²) in [7, 11) is 0. The lowest BCUT2D eigenvalue weighted by molar-refractivity contribution is 0.578. The minimum absolute atomic E-state index is 0.0393. The summed E-state index contributed by atoms with van der Waals surface area (Å²) in [6.45, 7) is 0. The van der Waals surface area contributed by atoms with Crippen LogP contribution in [0.4, 0.5) is 5.69 Å². The zero-order valence-corrected chi connectivity index (χ0v) is 26.1. The summed E-state index contributed by atoms with van der Waals surface area (Å²) in [5.41, 5.74) is 9.04. The number of benzene rings is 4. The fraction of sp³-hybridized carbons (Fsp3) is 0.357. The summed E-state index contributed by atoms with van der Waals surface area (Å²) in [6, 6.07) is 40.0. The van der Waals surface area contributed by atoms with Crippen molar-refractivity contribution >= 4 is 16.5 Å². The van der Waals surface area contributed by atoms with E-state index in [1.54, 1.807) is 11.1 Å². The van der Waals surface area contributed by atoms with Crippen molar-refractivity contribution in [3.63, 3.8) is 0 Å². The maximum Gasteiger partial charge on any atom is 0.0940 e. The first-order valence-electron chi connectivity index (χ1n) is 17.2. The Hall–Kier alpha value is -3.91. The molecule has 0 saturated heterocycles. The predicted octanol–water partition coefficient (Wildman–Crippen LogP) is 12.0. The minimum atomic E-state index is -0.0393. The molecule has 0 amide bonds. The van der Waals surface area contributed by atoms with Crippen LogP contribution < -0.4 is 5.32 Å². The van der Waals surface area contributed by atoms with E-state index in [0.717, 1.165) is 11.4 Å². The number of anilines is 1. The Balaban J connectivity index is 1.34. The SMILES string of the molecule is c1ccc(C(Nc2c(C3CCCCCC3)cccc2C2CCCCCC2)c2cccc(-c3cccc4ccccc34)n2)cc1. The lowest BCUT2D eigenvalue weighted by Gasteiger charge is -2.30. The average molecular weight is 579 g/mol. The van der Waals surface area contributed by atoms with Gasteiger partial charge >= 0.3 is 0 Å². The highest BCUT2D eigenvalue weighted by Crippen LogP contribution is 2.44. The summed E-state index contributed by atoms with van der Waals surface area (Å²) in [5.74, 6) is 1.24. The fourth-order valence-electron chi connectivity index (χ4n) is 7.95. The molecule has 2 fully saturated rings. The maximum atomic E-state index is 5.42. The van der Waals surface area contributed by atoms with Crippen LogP contribution in [0.25, 0.3) is 22.0 Å². The first kappa shape index (κ1) is 28.8. The molecule has 0 spiro atoms. The number of rotatable bonds is 7. The standard InChI is InChI=1S/C42H46N2/c1-2-7-18-32(17-6-1)36-26-15-27-37(33-19-8-3-4-9-20-33)42(36)44-41(34-22-10-5-11-23-34)40-30-16-29-39(43-40)38-28-14-24-31-21-12-13-25-35(31)38/h5,10-16,21-30,32-33,41,44H,1-4,6-9,17-20H2. The summed E-state index contributed by atoms with van der Waals surface area (Å²) >= 11 is 0. The van der Waals surface area contributed by atoms with Gasteiger partial charge in [-0.05, 0) is 77.1 Å². The van der Waals surface area contributed by atoms with Crippen LogP contribution in [0.3, 0.4) is 0 Å². The minimum Gasteiger partial charge on any atom is -0.372 e. The van der Waals surface area contributed by atoms with E-state index < -0.39 is 0 Å². The third-order valence-corrected chi connectivity index (χ3v) is 10.3. The second kappa shape index (κ2) is 13.8. The quantitative estimate of drug-likeness (QED) is 0.194. The number of nitrogens with zero attached hydrogens (tertiary/aromatic N) is 1. The smallest absolute Gasteiger partial charge is 0.0940 e. The predicted molar refractivity (Wildman–Crippen MR) is 186 cm³/mol. The number of aromatic nitrogens is 1. The Bertz CT molecular complexity index is 1610. The van der Waals surface area contributed by atoms with E-state index in [4.69, 9.17) is 4.98 Å². The molecule has 0 aliphatic heterocycles. The van der Waals surface area contributed by atoms with Crippen LogP contribution in [0.2, 0.25) is 0 Å². The molecule has 0 bridgehead atoms. The first-order chi connectivity index (χ1) is 21.8. The van der Waals surface area contributed by atoms with Gasteiger partial charge in [0.05, 0.1) is 17.4 Å². The van der Waals surface area contributed by atoms with Gasteiger partial charge in [-0.1, -0.05) is 148 Å². The van der Waals surface area contributed by atoms with Gasteiger partial charge in [-0.3, -0.25) is 4.98 Å². The maximum absolute atomic E-state index is 5.42. The Labute approximate surface area is 264 Å². The van der Waals surface area contributed by atoms with Crippen molar-refractivity contribution in [2.75, 3.05) is 5.32 Å². The molecule has 5 aromatic rings. The van der Waals surface area contributed by atoms with Crippen molar-refractivity contribution in [1.29, 1.82) is 0 Å². The van der Waals surface area contributed by atoms with Gasteiger partial charge in [0.25, 0.3) is 0 Å². The van der Waals surface area contributed by atoms with Crippen LogP contribution in [0.5, 0.6) is 0 Å². The van der Waals surface area contributed by atoms with Crippen LogP contribution in [0.1, 0.15) is 117 Å². The molecule has 0 radical (unpaired) electrons. The molecule has 1 aromatic heterocycles. The van der Waals surface area contributed by atoms with Crippen LogP contribution in [0.15, 0.2) is 109 Å². The van der Waals surface area contributed by atoms with Crippen molar-refractivity contribution < 1.29 is 0 Å². The highest BCUT2D eigenvalue weighted by molar-refractivity contribution is 5.95. The molecule has 1 N–H and O–H groups in total. The molecule has 7 rings (SSSR count). The number of para-hydroxylation sites is 1. The highest BCUT2D eigenvalue weighted by atomic mass is 15.0. The van der Waals surface area contributed by atoms with Gasteiger partial charge in [0.1, 0.15) is 0 Å². The van der Waals surface area contributed by atoms with Gasteiger partial charge < -0.3 is 5.32 Å². The first-order valence-corrected chi connectivity index (χ1v) is 17.2. The molecule has 2 aliphatic rings. The van der Waals surface area contributed by atoms with Crippen LogP contribution >= 0.6 is 0 Å². The molecule has 2 saturated carbocycles.